The van der Waals surface area contributed by atoms with Gasteiger partial charge in [0.2, 0.25) is 0 Å². The Balaban J connectivity index is 2.50. The second-order valence-corrected chi connectivity index (χ2v) is 3.39. The third kappa shape index (κ3) is 1.93. The maximum absolute atomic E-state index is 10.6. The molecule has 3 atom stereocenters. The van der Waals surface area contributed by atoms with Gasteiger partial charge in [0.15, 0.2) is 0 Å². The minimum absolute atomic E-state index is 0.122. The molecule has 1 saturated carbocycles. The van der Waals surface area contributed by atoms with Crippen molar-refractivity contribution in [2.75, 3.05) is 0 Å². The number of carboxylic acids is 1. The normalized spacial score (nSPS) is 38.5. The fourth-order valence-corrected chi connectivity index (χ4v) is 1.73. The Morgan fingerprint density at radius 2 is 2.09 bits per heavy atom. The molecule has 3 heteroatoms. The first-order valence-corrected chi connectivity index (χ1v) is 4.02. The Hall–Kier alpha value is -0.570. The number of carboxylic acid groups (broad SMARTS) is 1. The van der Waals surface area contributed by atoms with Crippen LogP contribution in [0.25, 0.3) is 0 Å². The average Bonchev–Trinajstić information content (AvgIpc) is 1.85. The Morgan fingerprint density at radius 1 is 1.45 bits per heavy atom. The summed E-state index contributed by atoms with van der Waals surface area (Å²) < 4.78 is 0. The molecule has 1 aliphatic rings. The van der Waals surface area contributed by atoms with Crippen molar-refractivity contribution in [3.8, 4) is 0 Å². The molecule has 0 aromatic rings. The van der Waals surface area contributed by atoms with E-state index in [1.165, 1.54) is 0 Å². The number of aliphatic carboxylic acids is 1. The van der Waals surface area contributed by atoms with E-state index in [0.29, 0.717) is 19.3 Å². The van der Waals surface area contributed by atoms with E-state index in [0.717, 1.165) is 0 Å². The highest BCUT2D eigenvalue weighted by Crippen LogP contribution is 2.29. The van der Waals surface area contributed by atoms with Gasteiger partial charge >= 0.3 is 5.97 Å². The predicted molar refractivity (Wildman–Crippen MR) is 40.1 cm³/mol. The van der Waals surface area contributed by atoms with Gasteiger partial charge in [-0.1, -0.05) is 6.92 Å². The van der Waals surface area contributed by atoms with Gasteiger partial charge in [-0.05, 0) is 25.2 Å². The summed E-state index contributed by atoms with van der Waals surface area (Å²) in [6.45, 7) is 1.89. The summed E-state index contributed by atoms with van der Waals surface area (Å²) in [7, 11) is 0. The van der Waals surface area contributed by atoms with Crippen LogP contribution in [0.1, 0.15) is 26.2 Å². The smallest absolute Gasteiger partial charge is 0.306 e. The summed E-state index contributed by atoms with van der Waals surface area (Å²) in [5.74, 6) is -0.834. The number of aliphatic hydroxyl groups excluding tert-OH is 1. The van der Waals surface area contributed by atoms with Gasteiger partial charge in [-0.15, -0.1) is 0 Å². The molecule has 1 rings (SSSR count). The standard InChI is InChI=1S/C8H14O3/c1-5-4-6(9)2-3-7(5)8(10)11/h5-7,9H,2-4H2,1H3,(H,10,11)/t5?,6-,7?/m1/s1. The third-order valence-corrected chi connectivity index (χ3v) is 2.46. The third-order valence-electron chi connectivity index (χ3n) is 2.46. The van der Waals surface area contributed by atoms with Crippen molar-refractivity contribution in [1.29, 1.82) is 0 Å². The highest BCUT2D eigenvalue weighted by molar-refractivity contribution is 5.70. The lowest BCUT2D eigenvalue weighted by atomic mass is 9.79. The van der Waals surface area contributed by atoms with E-state index in [4.69, 9.17) is 5.11 Å². The van der Waals surface area contributed by atoms with Crippen LogP contribution in [0.15, 0.2) is 0 Å². The number of hydrogen-bond donors (Lipinski definition) is 2. The monoisotopic (exact) mass is 158 g/mol. The first-order chi connectivity index (χ1) is 5.11. The van der Waals surface area contributed by atoms with E-state index in [-0.39, 0.29) is 17.9 Å². The fraction of sp³-hybridized carbons (Fsp3) is 0.875. The lowest BCUT2D eigenvalue weighted by molar-refractivity contribution is -0.145. The molecular formula is C8H14O3. The van der Waals surface area contributed by atoms with E-state index < -0.39 is 5.97 Å². The molecule has 0 spiro atoms. The van der Waals surface area contributed by atoms with Crippen LogP contribution in [-0.4, -0.2) is 22.3 Å². The number of hydrogen-bond acceptors (Lipinski definition) is 2. The zero-order valence-electron chi connectivity index (χ0n) is 6.66. The second kappa shape index (κ2) is 3.22. The van der Waals surface area contributed by atoms with Gasteiger partial charge in [-0.25, -0.2) is 0 Å². The quantitative estimate of drug-likeness (QED) is 0.595. The minimum Gasteiger partial charge on any atom is -0.481 e. The molecule has 3 nitrogen and oxygen atoms in total. The Bertz CT molecular complexity index is 155. The number of rotatable bonds is 1. The van der Waals surface area contributed by atoms with Crippen molar-refractivity contribution in [2.45, 2.75) is 32.3 Å². The van der Waals surface area contributed by atoms with Crippen LogP contribution in [0.3, 0.4) is 0 Å². The van der Waals surface area contributed by atoms with Gasteiger partial charge in [0.1, 0.15) is 0 Å². The maximum atomic E-state index is 10.6. The molecule has 0 aromatic carbocycles. The van der Waals surface area contributed by atoms with E-state index in [9.17, 15) is 9.90 Å². The summed E-state index contributed by atoms with van der Waals surface area (Å²) in [6.07, 6.45) is 1.62. The summed E-state index contributed by atoms with van der Waals surface area (Å²) in [6, 6.07) is 0. The van der Waals surface area contributed by atoms with Crippen LogP contribution in [-0.2, 0) is 4.79 Å². The van der Waals surface area contributed by atoms with Crippen molar-refractivity contribution >= 4 is 5.97 Å². The van der Waals surface area contributed by atoms with Gasteiger partial charge in [0.05, 0.1) is 12.0 Å². The first kappa shape index (κ1) is 8.53. The van der Waals surface area contributed by atoms with Crippen LogP contribution in [0, 0.1) is 11.8 Å². The number of aliphatic hydroxyl groups is 1. The zero-order valence-corrected chi connectivity index (χ0v) is 6.66. The van der Waals surface area contributed by atoms with E-state index in [1.807, 2.05) is 6.92 Å². The lowest BCUT2D eigenvalue weighted by Crippen LogP contribution is -2.30. The molecule has 0 aliphatic heterocycles. The van der Waals surface area contributed by atoms with Gasteiger partial charge < -0.3 is 10.2 Å². The average molecular weight is 158 g/mol. The molecule has 0 radical (unpaired) electrons. The molecule has 2 N–H and O–H groups in total. The summed E-state index contributed by atoms with van der Waals surface area (Å²) in [4.78, 5) is 10.6. The second-order valence-electron chi connectivity index (χ2n) is 3.39. The number of carbonyl (C=O) groups is 1. The summed E-state index contributed by atoms with van der Waals surface area (Å²) in [5.41, 5.74) is 0. The van der Waals surface area contributed by atoms with E-state index in [1.54, 1.807) is 0 Å². The highest BCUT2D eigenvalue weighted by Gasteiger charge is 2.30. The van der Waals surface area contributed by atoms with Gasteiger partial charge in [0, 0.05) is 0 Å². The molecule has 1 fully saturated rings. The van der Waals surface area contributed by atoms with Crippen molar-refractivity contribution < 1.29 is 15.0 Å². The molecule has 0 saturated heterocycles. The maximum Gasteiger partial charge on any atom is 0.306 e. The fourth-order valence-electron chi connectivity index (χ4n) is 1.73. The highest BCUT2D eigenvalue weighted by atomic mass is 16.4. The minimum atomic E-state index is -0.718. The molecular weight excluding hydrogens is 144 g/mol. The van der Waals surface area contributed by atoms with Gasteiger partial charge in [-0.3, -0.25) is 4.79 Å². The molecule has 1 aliphatic carbocycles. The van der Waals surface area contributed by atoms with Crippen LogP contribution in [0.2, 0.25) is 0 Å². The van der Waals surface area contributed by atoms with E-state index in [2.05, 4.69) is 0 Å². The Kier molecular flexibility index (Phi) is 2.49. The summed E-state index contributed by atoms with van der Waals surface area (Å²) >= 11 is 0. The SMILES string of the molecule is CC1C[C@H](O)CCC1C(=O)O. The molecule has 0 heterocycles. The summed E-state index contributed by atoms with van der Waals surface area (Å²) in [5, 5.41) is 17.9. The van der Waals surface area contributed by atoms with Crippen molar-refractivity contribution in [2.24, 2.45) is 11.8 Å². The molecule has 0 amide bonds. The predicted octanol–water partition coefficient (Wildman–Crippen LogP) is 0.868. The van der Waals surface area contributed by atoms with Crippen molar-refractivity contribution in [1.82, 2.24) is 0 Å². The molecule has 2 unspecified atom stereocenters. The van der Waals surface area contributed by atoms with Crippen LogP contribution < -0.4 is 0 Å². The van der Waals surface area contributed by atoms with Crippen molar-refractivity contribution in [3.05, 3.63) is 0 Å². The van der Waals surface area contributed by atoms with Crippen LogP contribution >= 0.6 is 0 Å². The van der Waals surface area contributed by atoms with Crippen LogP contribution in [0.4, 0.5) is 0 Å². The van der Waals surface area contributed by atoms with Gasteiger partial charge in [0.25, 0.3) is 0 Å². The lowest BCUT2D eigenvalue weighted by Gasteiger charge is -2.28. The molecule has 0 aromatic heterocycles. The largest absolute Gasteiger partial charge is 0.481 e. The molecule has 11 heavy (non-hydrogen) atoms. The topological polar surface area (TPSA) is 57.5 Å². The van der Waals surface area contributed by atoms with E-state index >= 15 is 0 Å². The van der Waals surface area contributed by atoms with Gasteiger partial charge in [-0.2, -0.15) is 0 Å². The molecule has 0 bridgehead atoms. The Morgan fingerprint density at radius 3 is 2.55 bits per heavy atom. The Labute approximate surface area is 66.0 Å². The molecule has 64 valence electrons. The van der Waals surface area contributed by atoms with Crippen LogP contribution in [0.5, 0.6) is 0 Å². The van der Waals surface area contributed by atoms with Crippen molar-refractivity contribution in [3.63, 3.8) is 0 Å². The zero-order chi connectivity index (χ0) is 8.43. The first-order valence-electron chi connectivity index (χ1n) is 4.02.